The van der Waals surface area contributed by atoms with Crippen LogP contribution in [0.15, 0.2) is 24.3 Å². The SMILES string of the molecule is CC(=O)CC(=O)Nc1cccc(CN(C)C)c1. The van der Waals surface area contributed by atoms with E-state index in [4.69, 9.17) is 0 Å². The lowest BCUT2D eigenvalue weighted by Gasteiger charge is -2.11. The molecule has 0 aromatic heterocycles. The van der Waals surface area contributed by atoms with E-state index in [1.54, 1.807) is 0 Å². The minimum absolute atomic E-state index is 0.0715. The third kappa shape index (κ3) is 5.26. The van der Waals surface area contributed by atoms with Crippen molar-refractivity contribution < 1.29 is 9.59 Å². The van der Waals surface area contributed by atoms with Crippen LogP contribution in [0.4, 0.5) is 5.69 Å². The number of carbonyl (C=O) groups excluding carboxylic acids is 2. The molecule has 0 saturated carbocycles. The van der Waals surface area contributed by atoms with E-state index in [1.807, 2.05) is 38.4 Å². The van der Waals surface area contributed by atoms with Crippen molar-refractivity contribution in [3.05, 3.63) is 29.8 Å². The monoisotopic (exact) mass is 234 g/mol. The highest BCUT2D eigenvalue weighted by molar-refractivity contribution is 6.03. The minimum atomic E-state index is -0.264. The van der Waals surface area contributed by atoms with Gasteiger partial charge in [-0.3, -0.25) is 9.59 Å². The third-order valence-electron chi connectivity index (χ3n) is 2.12. The van der Waals surface area contributed by atoms with Gasteiger partial charge in [-0.25, -0.2) is 0 Å². The summed E-state index contributed by atoms with van der Waals surface area (Å²) in [6.45, 7) is 2.22. The van der Waals surface area contributed by atoms with Crippen molar-refractivity contribution in [3.8, 4) is 0 Å². The zero-order valence-electron chi connectivity index (χ0n) is 10.5. The van der Waals surface area contributed by atoms with Crippen LogP contribution in [0.2, 0.25) is 0 Å². The zero-order valence-corrected chi connectivity index (χ0v) is 10.5. The number of carbonyl (C=O) groups is 2. The largest absolute Gasteiger partial charge is 0.326 e. The predicted octanol–water partition coefficient (Wildman–Crippen LogP) is 1.67. The second-order valence-corrected chi connectivity index (χ2v) is 4.37. The molecule has 92 valence electrons. The molecule has 1 amide bonds. The van der Waals surface area contributed by atoms with Crippen LogP contribution in [0.25, 0.3) is 0 Å². The summed E-state index contributed by atoms with van der Waals surface area (Å²) in [5, 5.41) is 2.71. The average molecular weight is 234 g/mol. The maximum Gasteiger partial charge on any atom is 0.231 e. The Morgan fingerprint density at radius 3 is 2.59 bits per heavy atom. The zero-order chi connectivity index (χ0) is 12.8. The van der Waals surface area contributed by atoms with Crippen molar-refractivity contribution in [2.75, 3.05) is 19.4 Å². The van der Waals surface area contributed by atoms with E-state index in [0.29, 0.717) is 0 Å². The lowest BCUT2D eigenvalue weighted by molar-refractivity contribution is -0.124. The highest BCUT2D eigenvalue weighted by Crippen LogP contribution is 2.12. The number of nitrogens with one attached hydrogen (secondary N) is 1. The summed E-state index contributed by atoms with van der Waals surface area (Å²) in [6, 6.07) is 7.62. The molecule has 1 aromatic rings. The van der Waals surface area contributed by atoms with E-state index in [2.05, 4.69) is 10.2 Å². The Labute approximate surface area is 102 Å². The summed E-state index contributed by atoms with van der Waals surface area (Å²) in [4.78, 5) is 24.3. The quantitative estimate of drug-likeness (QED) is 0.788. The fourth-order valence-corrected chi connectivity index (χ4v) is 1.54. The van der Waals surface area contributed by atoms with Crippen LogP contribution >= 0.6 is 0 Å². The minimum Gasteiger partial charge on any atom is -0.326 e. The molecule has 4 nitrogen and oxygen atoms in total. The fourth-order valence-electron chi connectivity index (χ4n) is 1.54. The van der Waals surface area contributed by atoms with Gasteiger partial charge in [-0.05, 0) is 38.7 Å². The molecular formula is C13H18N2O2. The molecule has 0 aliphatic rings. The molecule has 0 saturated heterocycles. The van der Waals surface area contributed by atoms with Crippen molar-refractivity contribution in [1.82, 2.24) is 4.90 Å². The number of anilines is 1. The maximum absolute atomic E-state index is 11.4. The van der Waals surface area contributed by atoms with Crippen LogP contribution in [-0.4, -0.2) is 30.7 Å². The molecule has 0 fully saturated rings. The molecular weight excluding hydrogens is 216 g/mol. The first-order chi connectivity index (χ1) is 7.97. The molecule has 0 bridgehead atoms. The van der Waals surface area contributed by atoms with Crippen molar-refractivity contribution >= 4 is 17.4 Å². The molecule has 1 N–H and O–H groups in total. The Hall–Kier alpha value is -1.68. The van der Waals surface area contributed by atoms with E-state index in [9.17, 15) is 9.59 Å². The van der Waals surface area contributed by atoms with Crippen LogP contribution in [0.3, 0.4) is 0 Å². The van der Waals surface area contributed by atoms with Gasteiger partial charge in [-0.15, -0.1) is 0 Å². The Morgan fingerprint density at radius 1 is 1.29 bits per heavy atom. The number of hydrogen-bond acceptors (Lipinski definition) is 3. The highest BCUT2D eigenvalue weighted by Gasteiger charge is 2.05. The van der Waals surface area contributed by atoms with Crippen molar-refractivity contribution in [1.29, 1.82) is 0 Å². The molecule has 0 radical (unpaired) electrons. The van der Waals surface area contributed by atoms with Gasteiger partial charge in [0.25, 0.3) is 0 Å². The average Bonchev–Trinajstić information content (AvgIpc) is 2.14. The third-order valence-corrected chi connectivity index (χ3v) is 2.12. The van der Waals surface area contributed by atoms with E-state index in [-0.39, 0.29) is 18.1 Å². The van der Waals surface area contributed by atoms with Gasteiger partial charge < -0.3 is 10.2 Å². The summed E-state index contributed by atoms with van der Waals surface area (Å²) in [5.41, 5.74) is 1.85. The Bertz CT molecular complexity index is 414. The summed E-state index contributed by atoms with van der Waals surface area (Å²) >= 11 is 0. The van der Waals surface area contributed by atoms with Gasteiger partial charge in [0.15, 0.2) is 0 Å². The molecule has 0 heterocycles. The van der Waals surface area contributed by atoms with Gasteiger partial charge >= 0.3 is 0 Å². The fraction of sp³-hybridized carbons (Fsp3) is 0.385. The second-order valence-electron chi connectivity index (χ2n) is 4.37. The normalized spacial score (nSPS) is 10.4. The molecule has 1 rings (SSSR count). The molecule has 0 atom stereocenters. The standard InChI is InChI=1S/C13H18N2O2/c1-10(16)7-13(17)14-12-6-4-5-11(8-12)9-15(2)3/h4-6,8H,7,9H2,1-3H3,(H,14,17). The number of hydrogen-bond donors (Lipinski definition) is 1. The topological polar surface area (TPSA) is 49.4 Å². The van der Waals surface area contributed by atoms with Crippen LogP contribution in [0.5, 0.6) is 0 Å². The van der Waals surface area contributed by atoms with Gasteiger partial charge in [0, 0.05) is 12.2 Å². The van der Waals surface area contributed by atoms with Gasteiger partial charge in [-0.2, -0.15) is 0 Å². The Balaban J connectivity index is 2.65. The lowest BCUT2D eigenvalue weighted by atomic mass is 10.2. The molecule has 0 aliphatic heterocycles. The van der Waals surface area contributed by atoms with Crippen molar-refractivity contribution in [2.45, 2.75) is 19.9 Å². The first-order valence-electron chi connectivity index (χ1n) is 5.50. The number of rotatable bonds is 5. The summed E-state index contributed by atoms with van der Waals surface area (Å²) in [7, 11) is 3.97. The number of Topliss-reactive ketones (excluding diaryl/α,β-unsaturated/α-hetero) is 1. The summed E-state index contributed by atoms with van der Waals surface area (Å²) in [5.74, 6) is -0.397. The number of ketones is 1. The number of amides is 1. The van der Waals surface area contributed by atoms with Gasteiger partial charge in [0.05, 0.1) is 6.42 Å². The van der Waals surface area contributed by atoms with Gasteiger partial charge in [0.1, 0.15) is 5.78 Å². The molecule has 1 aromatic carbocycles. The maximum atomic E-state index is 11.4. The number of nitrogens with zero attached hydrogens (tertiary/aromatic N) is 1. The molecule has 0 unspecified atom stereocenters. The summed E-state index contributed by atoms with van der Waals surface area (Å²) in [6.07, 6.45) is -0.0715. The van der Waals surface area contributed by atoms with Crippen LogP contribution in [0, 0.1) is 0 Å². The van der Waals surface area contributed by atoms with Crippen LogP contribution in [-0.2, 0) is 16.1 Å². The van der Waals surface area contributed by atoms with Gasteiger partial charge in [-0.1, -0.05) is 12.1 Å². The first-order valence-corrected chi connectivity index (χ1v) is 5.50. The Kier molecular flexibility index (Phi) is 4.84. The Morgan fingerprint density at radius 2 is 2.00 bits per heavy atom. The van der Waals surface area contributed by atoms with Gasteiger partial charge in [0.2, 0.25) is 5.91 Å². The summed E-state index contributed by atoms with van der Waals surface area (Å²) < 4.78 is 0. The molecule has 17 heavy (non-hydrogen) atoms. The van der Waals surface area contributed by atoms with Crippen LogP contribution < -0.4 is 5.32 Å². The predicted molar refractivity (Wildman–Crippen MR) is 67.8 cm³/mol. The van der Waals surface area contributed by atoms with Crippen molar-refractivity contribution in [3.63, 3.8) is 0 Å². The first kappa shape index (κ1) is 13.4. The highest BCUT2D eigenvalue weighted by atomic mass is 16.2. The second kappa shape index (κ2) is 6.15. The number of benzene rings is 1. The lowest BCUT2D eigenvalue weighted by Crippen LogP contribution is -2.15. The van der Waals surface area contributed by atoms with E-state index >= 15 is 0 Å². The van der Waals surface area contributed by atoms with Crippen molar-refractivity contribution in [2.24, 2.45) is 0 Å². The van der Waals surface area contributed by atoms with E-state index < -0.39 is 0 Å². The van der Waals surface area contributed by atoms with E-state index in [0.717, 1.165) is 17.8 Å². The smallest absolute Gasteiger partial charge is 0.231 e. The van der Waals surface area contributed by atoms with Crippen LogP contribution in [0.1, 0.15) is 18.9 Å². The molecule has 4 heteroatoms. The molecule has 0 spiro atoms. The molecule has 0 aliphatic carbocycles. The van der Waals surface area contributed by atoms with E-state index in [1.165, 1.54) is 6.92 Å².